The number of hydrogen-bond donors (Lipinski definition) is 0. The Hall–Kier alpha value is -3.89. The largest absolute Gasteiger partial charge is 0.416 e. The molecule has 0 saturated carbocycles. The molecule has 2 heterocycles. The average Bonchev–Trinajstić information content (AvgIpc) is 2.89. The van der Waals surface area contributed by atoms with E-state index in [1.807, 2.05) is 0 Å². The maximum absolute atomic E-state index is 14.0. The minimum Gasteiger partial charge on any atom is -0.357 e. The lowest BCUT2D eigenvalue weighted by Gasteiger charge is -2.32. The van der Waals surface area contributed by atoms with Crippen LogP contribution in [0.5, 0.6) is 5.75 Å². The number of rotatable bonds is 6. The Morgan fingerprint density at radius 1 is 1.11 bits per heavy atom. The van der Waals surface area contributed by atoms with Crippen molar-refractivity contribution in [2.45, 2.75) is 45.2 Å². The summed E-state index contributed by atoms with van der Waals surface area (Å²) in [5.74, 6) is -1.46. The molecule has 1 aromatic heterocycles. The first-order valence-corrected chi connectivity index (χ1v) is 12.0. The van der Waals surface area contributed by atoms with Crippen molar-refractivity contribution in [2.24, 2.45) is 5.16 Å². The van der Waals surface area contributed by atoms with Gasteiger partial charge < -0.3 is 9.74 Å². The van der Waals surface area contributed by atoms with Crippen LogP contribution in [0, 0.1) is 18.6 Å². The highest BCUT2D eigenvalue weighted by Crippen LogP contribution is 2.32. The Morgan fingerprint density at radius 3 is 2.42 bits per heavy atom. The van der Waals surface area contributed by atoms with E-state index >= 15 is 0 Å². The molecule has 6 nitrogen and oxygen atoms in total. The highest BCUT2D eigenvalue weighted by Gasteiger charge is 2.31. The van der Waals surface area contributed by atoms with Crippen molar-refractivity contribution in [1.82, 2.24) is 14.9 Å². The molecule has 1 aliphatic heterocycles. The first-order valence-electron chi connectivity index (χ1n) is 12.0. The van der Waals surface area contributed by atoms with Crippen molar-refractivity contribution in [2.75, 3.05) is 13.1 Å². The second kappa shape index (κ2) is 11.2. The molecule has 0 unspecified atom stereocenters. The van der Waals surface area contributed by atoms with Crippen molar-refractivity contribution in [3.05, 3.63) is 88.5 Å². The van der Waals surface area contributed by atoms with E-state index in [9.17, 15) is 26.7 Å². The molecule has 1 amide bonds. The number of aryl methyl sites for hydroxylation is 1. The molecule has 0 spiro atoms. The smallest absolute Gasteiger partial charge is 0.357 e. The Bertz CT molecular complexity index is 1330. The van der Waals surface area contributed by atoms with E-state index in [2.05, 4.69) is 15.1 Å². The summed E-state index contributed by atoms with van der Waals surface area (Å²) in [7, 11) is 0. The maximum atomic E-state index is 14.0. The first-order chi connectivity index (χ1) is 18.0. The zero-order chi connectivity index (χ0) is 27.4. The summed E-state index contributed by atoms with van der Waals surface area (Å²) in [6.45, 7) is 4.13. The van der Waals surface area contributed by atoms with Crippen LogP contribution in [0.25, 0.3) is 0 Å². The summed E-state index contributed by atoms with van der Waals surface area (Å²) in [6, 6.07) is 7.91. The van der Waals surface area contributed by atoms with Gasteiger partial charge in [-0.25, -0.2) is 18.7 Å². The molecular formula is C27H25F5N4O2. The van der Waals surface area contributed by atoms with Gasteiger partial charge >= 0.3 is 6.18 Å². The van der Waals surface area contributed by atoms with Crippen molar-refractivity contribution in [3.63, 3.8) is 0 Å². The van der Waals surface area contributed by atoms with E-state index in [1.54, 1.807) is 24.9 Å². The summed E-state index contributed by atoms with van der Waals surface area (Å²) in [5.41, 5.74) is 0.563. The van der Waals surface area contributed by atoms with Crippen LogP contribution in [0.15, 0.2) is 53.8 Å². The van der Waals surface area contributed by atoms with Crippen LogP contribution >= 0.6 is 0 Å². The summed E-state index contributed by atoms with van der Waals surface area (Å²) >= 11 is 0. The van der Waals surface area contributed by atoms with Crippen LogP contribution < -0.4 is 4.84 Å². The maximum Gasteiger partial charge on any atom is 0.416 e. The van der Waals surface area contributed by atoms with Gasteiger partial charge in [-0.1, -0.05) is 17.3 Å². The van der Waals surface area contributed by atoms with Crippen molar-refractivity contribution in [1.29, 1.82) is 0 Å². The minimum atomic E-state index is -4.50. The number of hydrogen-bond acceptors (Lipinski definition) is 5. The molecule has 4 rings (SSSR count). The molecule has 1 fully saturated rings. The van der Waals surface area contributed by atoms with Crippen LogP contribution in [-0.4, -0.2) is 39.6 Å². The second-order valence-electron chi connectivity index (χ2n) is 9.04. The molecule has 38 heavy (non-hydrogen) atoms. The molecule has 0 bridgehead atoms. The second-order valence-corrected chi connectivity index (χ2v) is 9.04. The van der Waals surface area contributed by atoms with Gasteiger partial charge in [0.1, 0.15) is 17.5 Å². The molecule has 11 heteroatoms. The van der Waals surface area contributed by atoms with Crippen LogP contribution in [-0.2, 0) is 17.4 Å². The molecule has 0 aliphatic carbocycles. The number of oxime groups is 1. The third-order valence-electron chi connectivity index (χ3n) is 6.40. The number of benzene rings is 2. The lowest BCUT2D eigenvalue weighted by molar-refractivity contribution is -0.137. The van der Waals surface area contributed by atoms with Crippen LogP contribution in [0.1, 0.15) is 53.9 Å². The minimum absolute atomic E-state index is 0.0559. The van der Waals surface area contributed by atoms with Gasteiger partial charge in [0.2, 0.25) is 5.91 Å². The van der Waals surface area contributed by atoms with E-state index in [4.69, 9.17) is 4.84 Å². The van der Waals surface area contributed by atoms with Crippen molar-refractivity contribution >= 4 is 11.6 Å². The quantitative estimate of drug-likeness (QED) is 0.228. The summed E-state index contributed by atoms with van der Waals surface area (Å²) in [5, 5.41) is 4.01. The number of likely N-dealkylation sites (tertiary alicyclic amines) is 1. The predicted octanol–water partition coefficient (Wildman–Crippen LogP) is 5.83. The monoisotopic (exact) mass is 532 g/mol. The Morgan fingerprint density at radius 2 is 1.76 bits per heavy atom. The molecule has 1 saturated heterocycles. The number of piperidine rings is 1. The predicted molar refractivity (Wildman–Crippen MR) is 130 cm³/mol. The highest BCUT2D eigenvalue weighted by atomic mass is 19.4. The molecule has 0 atom stereocenters. The summed E-state index contributed by atoms with van der Waals surface area (Å²) in [6.07, 6.45) is -2.17. The molecule has 200 valence electrons. The highest BCUT2D eigenvalue weighted by molar-refractivity contribution is 5.99. The fourth-order valence-corrected chi connectivity index (χ4v) is 4.34. The number of nitrogens with zero attached hydrogens (tertiary/aromatic N) is 4. The van der Waals surface area contributed by atoms with Gasteiger partial charge in [0.05, 0.1) is 23.4 Å². The van der Waals surface area contributed by atoms with Gasteiger partial charge in [-0.15, -0.1) is 0 Å². The lowest BCUT2D eigenvalue weighted by Crippen LogP contribution is -2.39. The lowest BCUT2D eigenvalue weighted by atomic mass is 9.89. The fraction of sp³-hybridized carbons (Fsp3) is 0.333. The number of carbonyl (C=O) groups excluding carboxylic acids is 1. The number of carbonyl (C=O) groups is 1. The van der Waals surface area contributed by atoms with Gasteiger partial charge in [0.15, 0.2) is 5.75 Å². The zero-order valence-electron chi connectivity index (χ0n) is 20.7. The van der Waals surface area contributed by atoms with E-state index in [0.717, 1.165) is 24.3 Å². The Labute approximate surface area is 216 Å². The molecule has 1 aliphatic rings. The SMILES string of the molecule is C/C(=N\Oc1cccc(C(F)(F)F)c1)c1cnc(C)nc1C1CCN(C(=O)Cc2c(F)cccc2F)CC1. The van der Waals surface area contributed by atoms with Gasteiger partial charge in [-0.3, -0.25) is 4.79 Å². The van der Waals surface area contributed by atoms with E-state index in [0.29, 0.717) is 48.7 Å². The molecule has 3 aromatic rings. The molecule has 2 aromatic carbocycles. The van der Waals surface area contributed by atoms with Crippen LogP contribution in [0.3, 0.4) is 0 Å². The zero-order valence-corrected chi connectivity index (χ0v) is 20.7. The first kappa shape index (κ1) is 27.2. The number of halogens is 5. The Balaban J connectivity index is 1.46. The van der Waals surface area contributed by atoms with Crippen molar-refractivity contribution in [3.8, 4) is 5.75 Å². The number of aromatic nitrogens is 2. The fourth-order valence-electron chi connectivity index (χ4n) is 4.34. The molecule has 0 radical (unpaired) electrons. The number of amides is 1. The third-order valence-corrected chi connectivity index (χ3v) is 6.40. The van der Waals surface area contributed by atoms with Gasteiger partial charge in [0, 0.05) is 36.3 Å². The van der Waals surface area contributed by atoms with E-state index < -0.39 is 23.4 Å². The van der Waals surface area contributed by atoms with Crippen LogP contribution in [0.2, 0.25) is 0 Å². The molecular weight excluding hydrogens is 507 g/mol. The topological polar surface area (TPSA) is 67.7 Å². The summed E-state index contributed by atoms with van der Waals surface area (Å²) < 4.78 is 66.9. The molecule has 0 N–H and O–H groups in total. The van der Waals surface area contributed by atoms with E-state index in [1.165, 1.54) is 18.2 Å². The third kappa shape index (κ3) is 6.32. The standard InChI is InChI=1S/C27H25F5N4O2/c1-16(35-38-20-6-3-5-19(13-20)27(30,31)32)22-15-33-17(2)34-26(22)18-9-11-36(12-10-18)25(37)14-21-23(28)7-4-8-24(21)29/h3-8,13,15,18H,9-12,14H2,1-2H3/b35-16+. The number of alkyl halides is 3. The summed E-state index contributed by atoms with van der Waals surface area (Å²) in [4.78, 5) is 28.4. The Kier molecular flexibility index (Phi) is 8.03. The average molecular weight is 533 g/mol. The van der Waals surface area contributed by atoms with Crippen LogP contribution in [0.4, 0.5) is 22.0 Å². The van der Waals surface area contributed by atoms with Gasteiger partial charge in [-0.2, -0.15) is 13.2 Å². The van der Waals surface area contributed by atoms with Gasteiger partial charge in [0.25, 0.3) is 0 Å². The van der Waals surface area contributed by atoms with Crippen molar-refractivity contribution < 1.29 is 31.6 Å². The van der Waals surface area contributed by atoms with E-state index in [-0.39, 0.29) is 29.6 Å². The normalized spacial score (nSPS) is 15.0. The van der Waals surface area contributed by atoms with Gasteiger partial charge in [-0.05, 0) is 57.0 Å².